The lowest BCUT2D eigenvalue weighted by Gasteiger charge is -2.09. The van der Waals surface area contributed by atoms with Crippen LogP contribution in [0.1, 0.15) is 41.4 Å². The van der Waals surface area contributed by atoms with E-state index in [9.17, 15) is 8.78 Å². The zero-order valence-corrected chi connectivity index (χ0v) is 19.4. The summed E-state index contributed by atoms with van der Waals surface area (Å²) in [5, 5.41) is 8.27. The molecule has 5 rings (SSSR count). The molecule has 172 valence electrons. The Balaban J connectivity index is 1.41. The Labute approximate surface area is 201 Å². The SMILES string of the molecule is CCCc1cccc(Cc2nc(-c3cc(Cc4c(F)cc5[nH]ccc5c4Cl)ccc3F)n[nH]2)c1. The lowest BCUT2D eigenvalue weighted by Crippen LogP contribution is -1.97. The van der Waals surface area contributed by atoms with Gasteiger partial charge in [0.05, 0.1) is 10.6 Å². The number of hydrogen-bond donors (Lipinski definition) is 2. The molecule has 0 saturated heterocycles. The van der Waals surface area contributed by atoms with Crippen LogP contribution in [0.15, 0.2) is 60.8 Å². The van der Waals surface area contributed by atoms with Crippen molar-refractivity contribution in [2.75, 3.05) is 0 Å². The van der Waals surface area contributed by atoms with E-state index in [1.165, 1.54) is 17.7 Å². The van der Waals surface area contributed by atoms with Crippen molar-refractivity contribution >= 4 is 22.5 Å². The summed E-state index contributed by atoms with van der Waals surface area (Å²) in [5.41, 5.74) is 4.38. The molecular formula is C27H23ClF2N4. The van der Waals surface area contributed by atoms with Crippen LogP contribution >= 0.6 is 11.6 Å². The second kappa shape index (κ2) is 9.39. The molecule has 0 aliphatic carbocycles. The normalized spacial score (nSPS) is 11.4. The molecule has 5 aromatic rings. The maximum absolute atomic E-state index is 14.7. The van der Waals surface area contributed by atoms with E-state index in [1.807, 2.05) is 18.2 Å². The third-order valence-corrected chi connectivity index (χ3v) is 6.36. The van der Waals surface area contributed by atoms with Crippen LogP contribution in [0, 0.1) is 11.6 Å². The van der Waals surface area contributed by atoms with Crippen LogP contribution in [0.2, 0.25) is 5.02 Å². The molecule has 0 unspecified atom stereocenters. The van der Waals surface area contributed by atoms with Crippen LogP contribution in [0.4, 0.5) is 8.78 Å². The van der Waals surface area contributed by atoms with Crippen molar-refractivity contribution in [1.82, 2.24) is 20.2 Å². The molecule has 2 heterocycles. The van der Waals surface area contributed by atoms with Gasteiger partial charge in [-0.25, -0.2) is 13.8 Å². The molecule has 4 nitrogen and oxygen atoms in total. The predicted molar refractivity (Wildman–Crippen MR) is 131 cm³/mol. The number of hydrogen-bond acceptors (Lipinski definition) is 2. The molecule has 0 aliphatic rings. The molecule has 0 spiro atoms. The third-order valence-electron chi connectivity index (χ3n) is 5.93. The van der Waals surface area contributed by atoms with E-state index in [4.69, 9.17) is 11.6 Å². The maximum Gasteiger partial charge on any atom is 0.184 e. The van der Waals surface area contributed by atoms with E-state index in [-0.39, 0.29) is 17.8 Å². The molecule has 0 aliphatic heterocycles. The van der Waals surface area contributed by atoms with Gasteiger partial charge in [-0.2, -0.15) is 5.10 Å². The fourth-order valence-corrected chi connectivity index (χ4v) is 4.59. The molecule has 34 heavy (non-hydrogen) atoms. The lowest BCUT2D eigenvalue weighted by molar-refractivity contribution is 0.615. The first kappa shape index (κ1) is 22.3. The minimum absolute atomic E-state index is 0.223. The first-order chi connectivity index (χ1) is 16.5. The van der Waals surface area contributed by atoms with E-state index >= 15 is 0 Å². The Morgan fingerprint density at radius 2 is 1.74 bits per heavy atom. The number of fused-ring (bicyclic) bond motifs is 1. The zero-order valence-electron chi connectivity index (χ0n) is 18.6. The fraction of sp³-hybridized carbons (Fsp3) is 0.185. The van der Waals surface area contributed by atoms with Crippen molar-refractivity contribution < 1.29 is 8.78 Å². The summed E-state index contributed by atoms with van der Waals surface area (Å²) in [7, 11) is 0. The first-order valence-electron chi connectivity index (χ1n) is 11.2. The topological polar surface area (TPSA) is 57.4 Å². The zero-order chi connectivity index (χ0) is 23.7. The predicted octanol–water partition coefficient (Wildman–Crippen LogP) is 7.02. The van der Waals surface area contributed by atoms with Crippen molar-refractivity contribution in [1.29, 1.82) is 0 Å². The van der Waals surface area contributed by atoms with Gasteiger partial charge in [0.2, 0.25) is 0 Å². The number of nitrogens with zero attached hydrogens (tertiary/aromatic N) is 2. The van der Waals surface area contributed by atoms with Gasteiger partial charge in [0, 0.05) is 35.5 Å². The molecule has 0 bridgehead atoms. The monoisotopic (exact) mass is 476 g/mol. The highest BCUT2D eigenvalue weighted by Gasteiger charge is 2.16. The van der Waals surface area contributed by atoms with E-state index in [2.05, 4.69) is 39.2 Å². The standard InChI is InChI=1S/C27H23ClF2N4/c1-2-4-16-5-3-6-17(11-16)14-25-32-27(34-33-25)21-13-18(7-8-22(21)29)12-20-23(30)15-24-19(26(20)28)9-10-31-24/h3,5-11,13,15,31H,2,4,12,14H2,1H3,(H,32,33,34). The van der Waals surface area contributed by atoms with E-state index in [0.29, 0.717) is 33.9 Å². The average molecular weight is 477 g/mol. The first-order valence-corrected chi connectivity index (χ1v) is 11.6. The third kappa shape index (κ3) is 4.46. The van der Waals surface area contributed by atoms with Gasteiger partial charge in [-0.3, -0.25) is 5.10 Å². The van der Waals surface area contributed by atoms with Crippen LogP contribution in [0.3, 0.4) is 0 Å². The molecule has 3 aromatic carbocycles. The van der Waals surface area contributed by atoms with E-state index in [1.54, 1.807) is 18.3 Å². The second-order valence-electron chi connectivity index (χ2n) is 8.43. The molecule has 0 saturated carbocycles. The van der Waals surface area contributed by atoms with Crippen LogP contribution in [-0.4, -0.2) is 20.2 Å². The highest BCUT2D eigenvalue weighted by Crippen LogP contribution is 2.32. The summed E-state index contributed by atoms with van der Waals surface area (Å²) in [6, 6.07) is 16.2. The van der Waals surface area contributed by atoms with Crippen LogP contribution in [0.5, 0.6) is 0 Å². The number of halogens is 3. The van der Waals surface area contributed by atoms with E-state index in [0.717, 1.165) is 23.8 Å². The second-order valence-corrected chi connectivity index (χ2v) is 8.81. The Bertz CT molecular complexity index is 1470. The molecule has 2 aromatic heterocycles. The molecule has 0 amide bonds. The van der Waals surface area contributed by atoms with Gasteiger partial charge in [-0.05, 0) is 47.4 Å². The van der Waals surface area contributed by atoms with Gasteiger partial charge in [-0.1, -0.05) is 55.3 Å². The van der Waals surface area contributed by atoms with Gasteiger partial charge in [-0.15, -0.1) is 0 Å². The van der Waals surface area contributed by atoms with Gasteiger partial charge in [0.1, 0.15) is 17.5 Å². The van der Waals surface area contributed by atoms with Crippen LogP contribution in [-0.2, 0) is 19.3 Å². The minimum atomic E-state index is -0.438. The summed E-state index contributed by atoms with van der Waals surface area (Å²) in [5.74, 6) is 0.0791. The quantitative estimate of drug-likeness (QED) is 0.265. The molecule has 2 N–H and O–H groups in total. The number of aryl methyl sites for hydroxylation is 1. The maximum atomic E-state index is 14.7. The minimum Gasteiger partial charge on any atom is -0.361 e. The molecule has 7 heteroatoms. The highest BCUT2D eigenvalue weighted by atomic mass is 35.5. The Kier molecular flexibility index (Phi) is 6.16. The molecule has 0 fully saturated rings. The number of aromatic amines is 2. The number of rotatable bonds is 7. The molecular weight excluding hydrogens is 454 g/mol. The summed E-state index contributed by atoms with van der Waals surface area (Å²) in [6.07, 6.45) is 4.62. The van der Waals surface area contributed by atoms with E-state index < -0.39 is 11.6 Å². The average Bonchev–Trinajstić information content (AvgIpc) is 3.48. The summed E-state index contributed by atoms with van der Waals surface area (Å²) in [6.45, 7) is 2.15. The largest absolute Gasteiger partial charge is 0.361 e. The van der Waals surface area contributed by atoms with Gasteiger partial charge in [0.25, 0.3) is 0 Å². The highest BCUT2D eigenvalue weighted by molar-refractivity contribution is 6.36. The number of nitrogens with one attached hydrogen (secondary N) is 2. The van der Waals surface area contributed by atoms with Gasteiger partial charge >= 0.3 is 0 Å². The van der Waals surface area contributed by atoms with Crippen molar-refractivity contribution in [2.45, 2.75) is 32.6 Å². The molecule has 0 atom stereocenters. The van der Waals surface area contributed by atoms with Crippen molar-refractivity contribution in [3.05, 3.63) is 106 Å². The van der Waals surface area contributed by atoms with Crippen molar-refractivity contribution in [2.24, 2.45) is 0 Å². The summed E-state index contributed by atoms with van der Waals surface area (Å²) >= 11 is 6.47. The summed E-state index contributed by atoms with van der Waals surface area (Å²) in [4.78, 5) is 7.48. The van der Waals surface area contributed by atoms with Gasteiger partial charge in [0.15, 0.2) is 5.82 Å². The Morgan fingerprint density at radius 1 is 0.912 bits per heavy atom. The van der Waals surface area contributed by atoms with Crippen LogP contribution < -0.4 is 0 Å². The van der Waals surface area contributed by atoms with Crippen molar-refractivity contribution in [3.63, 3.8) is 0 Å². The van der Waals surface area contributed by atoms with Gasteiger partial charge < -0.3 is 4.98 Å². The lowest BCUT2D eigenvalue weighted by atomic mass is 10.0. The fourth-order valence-electron chi connectivity index (χ4n) is 4.27. The number of H-pyrrole nitrogens is 2. The van der Waals surface area contributed by atoms with Crippen LogP contribution in [0.25, 0.3) is 22.3 Å². The Morgan fingerprint density at radius 3 is 2.59 bits per heavy atom. The number of aromatic nitrogens is 4. The summed E-state index contributed by atoms with van der Waals surface area (Å²) < 4.78 is 29.4. The van der Waals surface area contributed by atoms with Crippen molar-refractivity contribution in [3.8, 4) is 11.4 Å². The molecule has 0 radical (unpaired) electrons. The Hall–Kier alpha value is -3.51. The smallest absolute Gasteiger partial charge is 0.184 e. The number of benzene rings is 3.